The molecule has 0 saturated carbocycles. The highest BCUT2D eigenvalue weighted by Gasteiger charge is 1.97. The number of nitrogens with one attached hydrogen (secondary N) is 1. The minimum absolute atomic E-state index is 0.626. The molecule has 0 radical (unpaired) electrons. The molecule has 12 heavy (non-hydrogen) atoms. The Morgan fingerprint density at radius 3 is 2.67 bits per heavy atom. The molecule has 1 rings (SSSR count). The molecule has 0 spiro atoms. The molecule has 0 saturated heterocycles. The molecule has 64 valence electrons. The van der Waals surface area contributed by atoms with E-state index in [-0.39, 0.29) is 0 Å². The summed E-state index contributed by atoms with van der Waals surface area (Å²) in [4.78, 5) is 0. The predicted octanol–water partition coefficient (Wildman–Crippen LogP) is 3.94. The molecule has 0 atom stereocenters. The van der Waals surface area contributed by atoms with E-state index in [1.807, 2.05) is 25.3 Å². The molecule has 1 aromatic rings. The van der Waals surface area contributed by atoms with Gasteiger partial charge in [-0.25, -0.2) is 0 Å². The number of rotatable bonds is 2. The van der Waals surface area contributed by atoms with Crippen LogP contribution in [0.2, 0.25) is 10.0 Å². The van der Waals surface area contributed by atoms with E-state index in [0.717, 1.165) is 5.69 Å². The lowest BCUT2D eigenvalue weighted by molar-refractivity contribution is 1.55. The summed E-state index contributed by atoms with van der Waals surface area (Å²) in [6.07, 6.45) is 3.71. The Labute approximate surface area is 82.0 Å². The van der Waals surface area contributed by atoms with Gasteiger partial charge >= 0.3 is 0 Å². The third-order valence-corrected chi connectivity index (χ3v) is 1.88. The molecule has 3 heteroatoms. The van der Waals surface area contributed by atoms with Gasteiger partial charge in [0.25, 0.3) is 0 Å². The summed E-state index contributed by atoms with van der Waals surface area (Å²) < 4.78 is 0. The molecule has 0 aliphatic rings. The largest absolute Gasteiger partial charge is 0.361 e. The van der Waals surface area contributed by atoms with Gasteiger partial charge in [-0.05, 0) is 31.3 Å². The van der Waals surface area contributed by atoms with E-state index in [0.29, 0.717) is 10.0 Å². The number of benzene rings is 1. The SMILES string of the molecule is C/C=C/Nc1ccc(Cl)cc1Cl. The van der Waals surface area contributed by atoms with Crippen LogP contribution in [0.5, 0.6) is 0 Å². The van der Waals surface area contributed by atoms with Crippen molar-refractivity contribution in [2.75, 3.05) is 5.32 Å². The molecule has 0 heterocycles. The van der Waals surface area contributed by atoms with Crippen LogP contribution in [0.25, 0.3) is 0 Å². The quantitative estimate of drug-likeness (QED) is 0.765. The second kappa shape index (κ2) is 4.39. The third kappa shape index (κ3) is 2.43. The van der Waals surface area contributed by atoms with E-state index < -0.39 is 0 Å². The number of allylic oxidation sites excluding steroid dienone is 1. The molecule has 0 unspecified atom stereocenters. The Morgan fingerprint density at radius 1 is 1.33 bits per heavy atom. The zero-order valence-electron chi connectivity index (χ0n) is 6.64. The summed E-state index contributed by atoms with van der Waals surface area (Å²) >= 11 is 11.6. The van der Waals surface area contributed by atoms with E-state index in [1.54, 1.807) is 12.1 Å². The maximum atomic E-state index is 5.88. The maximum Gasteiger partial charge on any atom is 0.0655 e. The summed E-state index contributed by atoms with van der Waals surface area (Å²) in [6.45, 7) is 1.93. The molecule has 0 aliphatic heterocycles. The summed E-state index contributed by atoms with van der Waals surface area (Å²) in [5.41, 5.74) is 0.860. The zero-order valence-corrected chi connectivity index (χ0v) is 8.15. The molecule has 1 nitrogen and oxygen atoms in total. The van der Waals surface area contributed by atoms with Gasteiger partial charge in [-0.3, -0.25) is 0 Å². The standard InChI is InChI=1S/C9H9Cl2N/c1-2-5-12-9-4-3-7(10)6-8(9)11/h2-6,12H,1H3/b5-2+. The highest BCUT2D eigenvalue weighted by molar-refractivity contribution is 6.36. The molecular weight excluding hydrogens is 193 g/mol. The van der Waals surface area contributed by atoms with Crippen LogP contribution in [0, 0.1) is 0 Å². The van der Waals surface area contributed by atoms with Crippen molar-refractivity contribution in [2.24, 2.45) is 0 Å². The van der Waals surface area contributed by atoms with Gasteiger partial charge in [0, 0.05) is 5.02 Å². The Kier molecular flexibility index (Phi) is 3.45. The fraction of sp³-hybridized carbons (Fsp3) is 0.111. The molecule has 0 bridgehead atoms. The summed E-state index contributed by atoms with van der Waals surface area (Å²) in [5.74, 6) is 0. The average molecular weight is 202 g/mol. The Bertz CT molecular complexity index is 295. The molecule has 1 N–H and O–H groups in total. The van der Waals surface area contributed by atoms with Gasteiger partial charge in [0.05, 0.1) is 10.7 Å². The van der Waals surface area contributed by atoms with Crippen LogP contribution < -0.4 is 5.32 Å². The van der Waals surface area contributed by atoms with E-state index in [2.05, 4.69) is 5.32 Å². The van der Waals surface area contributed by atoms with E-state index in [4.69, 9.17) is 23.2 Å². The first-order valence-corrected chi connectivity index (χ1v) is 4.32. The van der Waals surface area contributed by atoms with Crippen molar-refractivity contribution < 1.29 is 0 Å². The molecule has 0 amide bonds. The van der Waals surface area contributed by atoms with Gasteiger partial charge in [0.2, 0.25) is 0 Å². The van der Waals surface area contributed by atoms with Crippen molar-refractivity contribution in [1.82, 2.24) is 0 Å². The minimum atomic E-state index is 0.626. The Balaban J connectivity index is 2.86. The van der Waals surface area contributed by atoms with Gasteiger partial charge in [-0.1, -0.05) is 29.3 Å². The molecule has 0 aliphatic carbocycles. The summed E-state index contributed by atoms with van der Waals surface area (Å²) in [6, 6.07) is 5.33. The van der Waals surface area contributed by atoms with E-state index in [9.17, 15) is 0 Å². The van der Waals surface area contributed by atoms with Crippen LogP contribution in [0.1, 0.15) is 6.92 Å². The van der Waals surface area contributed by atoms with Crippen LogP contribution in [0.3, 0.4) is 0 Å². The first-order valence-electron chi connectivity index (χ1n) is 3.57. The highest BCUT2D eigenvalue weighted by atomic mass is 35.5. The van der Waals surface area contributed by atoms with Crippen molar-refractivity contribution in [3.05, 3.63) is 40.5 Å². The highest BCUT2D eigenvalue weighted by Crippen LogP contribution is 2.25. The fourth-order valence-electron chi connectivity index (χ4n) is 0.780. The number of anilines is 1. The van der Waals surface area contributed by atoms with Crippen LogP contribution in [0.4, 0.5) is 5.69 Å². The third-order valence-electron chi connectivity index (χ3n) is 1.34. The van der Waals surface area contributed by atoms with Crippen molar-refractivity contribution in [3.63, 3.8) is 0 Å². The predicted molar refractivity (Wildman–Crippen MR) is 54.9 cm³/mol. The van der Waals surface area contributed by atoms with Crippen molar-refractivity contribution in [1.29, 1.82) is 0 Å². The molecular formula is C9H9Cl2N. The van der Waals surface area contributed by atoms with Crippen LogP contribution in [-0.2, 0) is 0 Å². The molecule has 0 aromatic heterocycles. The van der Waals surface area contributed by atoms with Crippen molar-refractivity contribution in [3.8, 4) is 0 Å². The smallest absolute Gasteiger partial charge is 0.0655 e. The van der Waals surface area contributed by atoms with Crippen LogP contribution in [-0.4, -0.2) is 0 Å². The van der Waals surface area contributed by atoms with Gasteiger partial charge in [0.1, 0.15) is 0 Å². The van der Waals surface area contributed by atoms with E-state index in [1.165, 1.54) is 0 Å². The number of halogens is 2. The second-order valence-corrected chi connectivity index (χ2v) is 3.11. The zero-order chi connectivity index (χ0) is 8.97. The molecule has 1 aromatic carbocycles. The fourth-order valence-corrected chi connectivity index (χ4v) is 1.24. The second-order valence-electron chi connectivity index (χ2n) is 2.27. The Morgan fingerprint density at radius 2 is 2.08 bits per heavy atom. The van der Waals surface area contributed by atoms with E-state index >= 15 is 0 Å². The van der Waals surface area contributed by atoms with Crippen LogP contribution >= 0.6 is 23.2 Å². The van der Waals surface area contributed by atoms with Crippen LogP contribution in [0.15, 0.2) is 30.5 Å². The maximum absolute atomic E-state index is 5.88. The average Bonchev–Trinajstić information content (AvgIpc) is 2.03. The minimum Gasteiger partial charge on any atom is -0.361 e. The van der Waals surface area contributed by atoms with Gasteiger partial charge in [-0.15, -0.1) is 0 Å². The molecule has 0 fully saturated rings. The number of hydrogen-bond acceptors (Lipinski definition) is 1. The lowest BCUT2D eigenvalue weighted by Gasteiger charge is -2.02. The van der Waals surface area contributed by atoms with Crippen molar-refractivity contribution >= 4 is 28.9 Å². The van der Waals surface area contributed by atoms with Crippen molar-refractivity contribution in [2.45, 2.75) is 6.92 Å². The van der Waals surface area contributed by atoms with Gasteiger partial charge in [-0.2, -0.15) is 0 Å². The summed E-state index contributed by atoms with van der Waals surface area (Å²) in [5, 5.41) is 4.29. The summed E-state index contributed by atoms with van der Waals surface area (Å²) in [7, 11) is 0. The van der Waals surface area contributed by atoms with Gasteiger partial charge < -0.3 is 5.32 Å². The normalized spacial score (nSPS) is 10.6. The monoisotopic (exact) mass is 201 g/mol. The van der Waals surface area contributed by atoms with Gasteiger partial charge in [0.15, 0.2) is 0 Å². The lowest BCUT2D eigenvalue weighted by atomic mass is 10.3. The Hall–Kier alpha value is -0.660. The number of hydrogen-bond donors (Lipinski definition) is 1. The first kappa shape index (κ1) is 9.43. The lowest BCUT2D eigenvalue weighted by Crippen LogP contribution is -1.87. The topological polar surface area (TPSA) is 12.0 Å². The first-order chi connectivity index (χ1) is 5.74.